The van der Waals surface area contributed by atoms with Crippen molar-refractivity contribution in [3.63, 3.8) is 0 Å². The number of nitrogens with one attached hydrogen (secondary N) is 1. The third-order valence-electron chi connectivity index (χ3n) is 4.31. The highest BCUT2D eigenvalue weighted by atomic mass is 15.3. The van der Waals surface area contributed by atoms with E-state index in [1.165, 1.54) is 31.6 Å². The van der Waals surface area contributed by atoms with Gasteiger partial charge in [-0.3, -0.25) is 4.68 Å². The van der Waals surface area contributed by atoms with Gasteiger partial charge in [0.2, 0.25) is 0 Å². The van der Waals surface area contributed by atoms with Crippen molar-refractivity contribution in [3.05, 3.63) is 18.0 Å². The largest absolute Gasteiger partial charge is 0.317 e. The van der Waals surface area contributed by atoms with Gasteiger partial charge in [-0.15, -0.1) is 0 Å². The number of hydrogen-bond donors (Lipinski definition) is 1. The van der Waals surface area contributed by atoms with Gasteiger partial charge >= 0.3 is 0 Å². The van der Waals surface area contributed by atoms with Crippen LogP contribution in [0.5, 0.6) is 0 Å². The predicted molar refractivity (Wildman–Crippen MR) is 74.6 cm³/mol. The molecule has 0 amide bonds. The molecule has 1 aromatic heterocycles. The van der Waals surface area contributed by atoms with E-state index in [1.807, 2.05) is 17.9 Å². The summed E-state index contributed by atoms with van der Waals surface area (Å²) in [5.74, 6) is 0.801. The van der Waals surface area contributed by atoms with E-state index in [-0.39, 0.29) is 0 Å². The normalized spacial score (nSPS) is 23.2. The Morgan fingerprint density at radius 1 is 1.56 bits per heavy atom. The van der Waals surface area contributed by atoms with Crippen molar-refractivity contribution < 1.29 is 0 Å². The molecular weight excluding hydrogens is 224 g/mol. The summed E-state index contributed by atoms with van der Waals surface area (Å²) in [5, 5.41) is 7.62. The Morgan fingerprint density at radius 3 is 3.06 bits per heavy atom. The van der Waals surface area contributed by atoms with Crippen LogP contribution in [-0.4, -0.2) is 47.4 Å². The number of aryl methyl sites for hydroxylation is 1. The maximum atomic E-state index is 4.22. The highest BCUT2D eigenvalue weighted by molar-refractivity contribution is 5.00. The fourth-order valence-electron chi connectivity index (χ4n) is 2.86. The molecule has 1 aliphatic rings. The van der Waals surface area contributed by atoms with Crippen LogP contribution in [0.2, 0.25) is 0 Å². The van der Waals surface area contributed by atoms with Gasteiger partial charge in [-0.2, -0.15) is 5.10 Å². The summed E-state index contributed by atoms with van der Waals surface area (Å²) < 4.78 is 1.98. The molecule has 2 rings (SSSR count). The number of piperidine rings is 1. The van der Waals surface area contributed by atoms with E-state index in [9.17, 15) is 0 Å². The van der Waals surface area contributed by atoms with Crippen molar-refractivity contribution in [2.24, 2.45) is 13.0 Å². The van der Waals surface area contributed by atoms with Gasteiger partial charge in [-0.05, 0) is 45.3 Å². The molecule has 102 valence electrons. The number of nitrogens with zero attached hydrogens (tertiary/aromatic N) is 3. The standard InChI is InChI=1S/C14H26N4/c1-12(15-2)13-5-4-9-18(11-13)10-7-14-6-8-16-17(14)3/h6,8,12-13,15H,4-5,7,9-11H2,1-3H3. The van der Waals surface area contributed by atoms with E-state index in [1.54, 1.807) is 0 Å². The van der Waals surface area contributed by atoms with Crippen molar-refractivity contribution in [2.45, 2.75) is 32.2 Å². The fourth-order valence-corrected chi connectivity index (χ4v) is 2.86. The molecule has 1 N–H and O–H groups in total. The third-order valence-corrected chi connectivity index (χ3v) is 4.31. The van der Waals surface area contributed by atoms with Crippen LogP contribution in [-0.2, 0) is 13.5 Å². The minimum Gasteiger partial charge on any atom is -0.317 e. The maximum absolute atomic E-state index is 4.22. The zero-order valence-corrected chi connectivity index (χ0v) is 11.9. The molecular formula is C14H26N4. The first-order valence-corrected chi connectivity index (χ1v) is 7.07. The lowest BCUT2D eigenvalue weighted by Gasteiger charge is -2.35. The molecule has 0 aromatic carbocycles. The molecule has 0 radical (unpaired) electrons. The monoisotopic (exact) mass is 250 g/mol. The summed E-state index contributed by atoms with van der Waals surface area (Å²) in [7, 11) is 4.09. The van der Waals surface area contributed by atoms with Gasteiger partial charge in [-0.25, -0.2) is 0 Å². The molecule has 18 heavy (non-hydrogen) atoms. The van der Waals surface area contributed by atoms with Gasteiger partial charge < -0.3 is 10.2 Å². The van der Waals surface area contributed by atoms with Crippen molar-refractivity contribution in [1.29, 1.82) is 0 Å². The second-order valence-corrected chi connectivity index (χ2v) is 5.48. The van der Waals surface area contributed by atoms with E-state index >= 15 is 0 Å². The Hall–Kier alpha value is -0.870. The summed E-state index contributed by atoms with van der Waals surface area (Å²) in [4.78, 5) is 2.61. The van der Waals surface area contributed by atoms with E-state index in [0.717, 1.165) is 18.9 Å². The molecule has 0 spiro atoms. The van der Waals surface area contributed by atoms with E-state index < -0.39 is 0 Å². The average Bonchev–Trinajstić information content (AvgIpc) is 2.81. The second kappa shape index (κ2) is 6.34. The molecule has 4 nitrogen and oxygen atoms in total. The molecule has 1 saturated heterocycles. The third kappa shape index (κ3) is 3.33. The SMILES string of the molecule is CNC(C)C1CCCN(CCc2ccnn2C)C1. The Morgan fingerprint density at radius 2 is 2.39 bits per heavy atom. The van der Waals surface area contributed by atoms with Crippen LogP contribution < -0.4 is 5.32 Å². The zero-order valence-electron chi connectivity index (χ0n) is 11.9. The fraction of sp³-hybridized carbons (Fsp3) is 0.786. The van der Waals surface area contributed by atoms with E-state index in [2.05, 4.69) is 35.4 Å². The summed E-state index contributed by atoms with van der Waals surface area (Å²) in [6.45, 7) is 5.95. The van der Waals surface area contributed by atoms with Crippen molar-refractivity contribution in [2.75, 3.05) is 26.7 Å². The lowest BCUT2D eigenvalue weighted by molar-refractivity contribution is 0.154. The van der Waals surface area contributed by atoms with Gasteiger partial charge in [0.1, 0.15) is 0 Å². The molecule has 4 heteroatoms. The van der Waals surface area contributed by atoms with Gasteiger partial charge in [0.15, 0.2) is 0 Å². The van der Waals surface area contributed by atoms with Crippen LogP contribution in [0.3, 0.4) is 0 Å². The molecule has 2 unspecified atom stereocenters. The van der Waals surface area contributed by atoms with Crippen LogP contribution in [0.1, 0.15) is 25.5 Å². The van der Waals surface area contributed by atoms with Gasteiger partial charge in [-0.1, -0.05) is 0 Å². The van der Waals surface area contributed by atoms with Gasteiger partial charge in [0.25, 0.3) is 0 Å². The number of aromatic nitrogens is 2. The molecule has 1 aromatic rings. The quantitative estimate of drug-likeness (QED) is 0.854. The first-order chi connectivity index (χ1) is 8.70. The van der Waals surface area contributed by atoms with E-state index in [4.69, 9.17) is 0 Å². The molecule has 2 heterocycles. The van der Waals surface area contributed by atoms with Crippen LogP contribution in [0.25, 0.3) is 0 Å². The van der Waals surface area contributed by atoms with Gasteiger partial charge in [0, 0.05) is 44.5 Å². The molecule has 1 aliphatic heterocycles. The Bertz CT molecular complexity index is 360. The highest BCUT2D eigenvalue weighted by Crippen LogP contribution is 2.19. The maximum Gasteiger partial charge on any atom is 0.0492 e. The Balaban J connectivity index is 1.81. The highest BCUT2D eigenvalue weighted by Gasteiger charge is 2.23. The second-order valence-electron chi connectivity index (χ2n) is 5.48. The van der Waals surface area contributed by atoms with Crippen molar-refractivity contribution >= 4 is 0 Å². The summed E-state index contributed by atoms with van der Waals surface area (Å²) >= 11 is 0. The number of rotatable bonds is 5. The molecule has 0 saturated carbocycles. The smallest absolute Gasteiger partial charge is 0.0492 e. The van der Waals surface area contributed by atoms with Crippen LogP contribution in [0.4, 0.5) is 0 Å². The van der Waals surface area contributed by atoms with Crippen molar-refractivity contribution in [1.82, 2.24) is 20.0 Å². The Kier molecular flexibility index (Phi) is 4.78. The molecule has 2 atom stereocenters. The van der Waals surface area contributed by atoms with E-state index in [0.29, 0.717) is 6.04 Å². The summed E-state index contributed by atoms with van der Waals surface area (Å²) in [6.07, 6.45) is 5.70. The molecule has 0 bridgehead atoms. The average molecular weight is 250 g/mol. The van der Waals surface area contributed by atoms with Crippen LogP contribution >= 0.6 is 0 Å². The summed E-state index contributed by atoms with van der Waals surface area (Å²) in [5.41, 5.74) is 1.33. The molecule has 1 fully saturated rings. The Labute approximate surface area is 110 Å². The lowest BCUT2D eigenvalue weighted by Crippen LogP contribution is -2.44. The van der Waals surface area contributed by atoms with Gasteiger partial charge in [0.05, 0.1) is 0 Å². The topological polar surface area (TPSA) is 33.1 Å². The number of hydrogen-bond acceptors (Lipinski definition) is 3. The first-order valence-electron chi connectivity index (χ1n) is 7.07. The first kappa shape index (κ1) is 13.6. The predicted octanol–water partition coefficient (Wildman–Crippen LogP) is 1.28. The minimum atomic E-state index is 0.629. The zero-order chi connectivity index (χ0) is 13.0. The van der Waals surface area contributed by atoms with Crippen LogP contribution in [0.15, 0.2) is 12.3 Å². The van der Waals surface area contributed by atoms with Crippen molar-refractivity contribution in [3.8, 4) is 0 Å². The lowest BCUT2D eigenvalue weighted by atomic mass is 9.91. The number of likely N-dealkylation sites (tertiary alicyclic amines) is 1. The molecule has 0 aliphatic carbocycles. The minimum absolute atomic E-state index is 0.629. The van der Waals surface area contributed by atoms with Crippen LogP contribution in [0, 0.1) is 5.92 Å². The summed E-state index contributed by atoms with van der Waals surface area (Å²) in [6, 6.07) is 2.75.